The fourth-order valence-electron chi connectivity index (χ4n) is 1.60. The molecule has 0 spiro atoms. The second-order valence-corrected chi connectivity index (χ2v) is 4.36. The molecule has 0 saturated carbocycles. The lowest BCUT2D eigenvalue weighted by molar-refractivity contribution is -0.384. The minimum absolute atomic E-state index is 0.0351. The maximum Gasteiger partial charge on any atom is 0.368 e. The molecule has 112 valence electrons. The van der Waals surface area contributed by atoms with Gasteiger partial charge in [-0.3, -0.25) is 14.5 Å². The lowest BCUT2D eigenvalue weighted by Crippen LogP contribution is -2.25. The summed E-state index contributed by atoms with van der Waals surface area (Å²) in [6, 6.07) is 1.50. The molecule has 0 fully saturated rings. The second kappa shape index (κ2) is 5.95. The SMILES string of the molecule is O=c1n(CCCF)nnn1-c1cc([N+](=O)[O-])c(Cl)cc1F. The van der Waals surface area contributed by atoms with Gasteiger partial charge in [0, 0.05) is 12.1 Å². The number of rotatable bonds is 5. The van der Waals surface area contributed by atoms with Gasteiger partial charge < -0.3 is 0 Å². The lowest BCUT2D eigenvalue weighted by Gasteiger charge is -2.02. The number of aryl methyl sites for hydroxylation is 1. The van der Waals surface area contributed by atoms with E-state index >= 15 is 0 Å². The highest BCUT2D eigenvalue weighted by Gasteiger charge is 2.21. The molecule has 0 radical (unpaired) electrons. The van der Waals surface area contributed by atoms with Crippen LogP contribution in [0.25, 0.3) is 5.69 Å². The Bertz CT molecular complexity index is 745. The van der Waals surface area contributed by atoms with Crippen molar-refractivity contribution in [3.63, 3.8) is 0 Å². The normalized spacial score (nSPS) is 10.8. The third-order valence-electron chi connectivity index (χ3n) is 2.58. The summed E-state index contributed by atoms with van der Waals surface area (Å²) in [6.07, 6.45) is 0.0435. The Morgan fingerprint density at radius 2 is 2.10 bits per heavy atom. The van der Waals surface area contributed by atoms with Crippen LogP contribution in [-0.2, 0) is 6.54 Å². The average Bonchev–Trinajstić information content (AvgIpc) is 2.77. The van der Waals surface area contributed by atoms with Crippen molar-refractivity contribution >= 4 is 17.3 Å². The third kappa shape index (κ3) is 2.89. The van der Waals surface area contributed by atoms with Crippen molar-refractivity contribution < 1.29 is 13.7 Å². The average molecular weight is 320 g/mol. The van der Waals surface area contributed by atoms with E-state index in [4.69, 9.17) is 11.6 Å². The second-order valence-electron chi connectivity index (χ2n) is 3.95. The highest BCUT2D eigenvalue weighted by molar-refractivity contribution is 6.32. The Labute approximate surface area is 120 Å². The predicted octanol–water partition coefficient (Wildman–Crippen LogP) is 1.49. The number of halogens is 3. The molecule has 0 amide bonds. The van der Waals surface area contributed by atoms with Crippen LogP contribution in [0.5, 0.6) is 0 Å². The maximum atomic E-state index is 13.8. The molecule has 0 atom stereocenters. The van der Waals surface area contributed by atoms with E-state index in [1.165, 1.54) is 0 Å². The summed E-state index contributed by atoms with van der Waals surface area (Å²) in [6.45, 7) is -0.688. The van der Waals surface area contributed by atoms with Gasteiger partial charge in [0.1, 0.15) is 10.7 Å². The van der Waals surface area contributed by atoms with E-state index in [0.717, 1.165) is 10.7 Å². The Morgan fingerprint density at radius 3 is 2.71 bits per heavy atom. The van der Waals surface area contributed by atoms with Crippen LogP contribution in [0.1, 0.15) is 6.42 Å². The van der Waals surface area contributed by atoms with Gasteiger partial charge in [-0.1, -0.05) is 11.6 Å². The first-order valence-corrected chi connectivity index (χ1v) is 6.06. The van der Waals surface area contributed by atoms with Crippen molar-refractivity contribution in [1.82, 2.24) is 19.8 Å². The molecule has 0 aliphatic carbocycles. The number of nitrogens with zero attached hydrogens (tertiary/aromatic N) is 5. The van der Waals surface area contributed by atoms with Gasteiger partial charge in [-0.05, 0) is 16.8 Å². The minimum atomic E-state index is -0.967. The Balaban J connectivity index is 2.52. The summed E-state index contributed by atoms with van der Waals surface area (Å²) < 4.78 is 27.3. The van der Waals surface area contributed by atoms with E-state index in [2.05, 4.69) is 10.4 Å². The van der Waals surface area contributed by atoms with Gasteiger partial charge in [0.25, 0.3) is 5.69 Å². The minimum Gasteiger partial charge on any atom is -0.258 e. The van der Waals surface area contributed by atoms with Crippen molar-refractivity contribution in [2.45, 2.75) is 13.0 Å². The monoisotopic (exact) mass is 319 g/mol. The summed E-state index contributed by atoms with van der Waals surface area (Å²) in [7, 11) is 0. The highest BCUT2D eigenvalue weighted by atomic mass is 35.5. The Morgan fingerprint density at radius 1 is 1.38 bits per heavy atom. The largest absolute Gasteiger partial charge is 0.368 e. The molecule has 2 aromatic rings. The van der Waals surface area contributed by atoms with E-state index in [1.807, 2.05) is 0 Å². The van der Waals surface area contributed by atoms with Crippen LogP contribution in [-0.4, -0.2) is 31.4 Å². The molecule has 0 aliphatic rings. The van der Waals surface area contributed by atoms with E-state index in [1.54, 1.807) is 0 Å². The van der Waals surface area contributed by atoms with Crippen molar-refractivity contribution in [2.75, 3.05) is 6.67 Å². The molecule has 11 heteroatoms. The van der Waals surface area contributed by atoms with Gasteiger partial charge in [-0.15, -0.1) is 0 Å². The van der Waals surface area contributed by atoms with Crippen LogP contribution in [0.2, 0.25) is 5.02 Å². The van der Waals surface area contributed by atoms with Gasteiger partial charge in [0.2, 0.25) is 0 Å². The van der Waals surface area contributed by atoms with Gasteiger partial charge in [-0.25, -0.2) is 9.18 Å². The fourth-order valence-corrected chi connectivity index (χ4v) is 1.82. The molecular weight excluding hydrogens is 312 g/mol. The van der Waals surface area contributed by atoms with E-state index in [-0.39, 0.29) is 13.0 Å². The molecule has 1 heterocycles. The zero-order chi connectivity index (χ0) is 15.6. The summed E-state index contributed by atoms with van der Waals surface area (Å²) >= 11 is 5.55. The number of tetrazole rings is 1. The van der Waals surface area contributed by atoms with Gasteiger partial charge >= 0.3 is 5.69 Å². The van der Waals surface area contributed by atoms with Gasteiger partial charge in [0.15, 0.2) is 5.82 Å². The van der Waals surface area contributed by atoms with Crippen molar-refractivity contribution in [3.8, 4) is 5.69 Å². The molecule has 21 heavy (non-hydrogen) atoms. The van der Waals surface area contributed by atoms with Crippen molar-refractivity contribution in [2.24, 2.45) is 0 Å². The molecular formula is C10H8ClF2N5O3. The van der Waals surface area contributed by atoms with Crippen LogP contribution >= 0.6 is 11.6 Å². The topological polar surface area (TPSA) is 95.8 Å². The zero-order valence-corrected chi connectivity index (χ0v) is 11.1. The predicted molar refractivity (Wildman–Crippen MR) is 67.8 cm³/mol. The van der Waals surface area contributed by atoms with Crippen LogP contribution in [0.3, 0.4) is 0 Å². The number of benzene rings is 1. The van der Waals surface area contributed by atoms with Crippen molar-refractivity contribution in [3.05, 3.63) is 43.6 Å². The first-order chi connectivity index (χ1) is 9.95. The summed E-state index contributed by atoms with van der Waals surface area (Å²) in [4.78, 5) is 21.9. The molecule has 1 aromatic carbocycles. The molecule has 2 rings (SSSR count). The Kier molecular flexibility index (Phi) is 4.26. The number of hydrogen-bond donors (Lipinski definition) is 0. The lowest BCUT2D eigenvalue weighted by atomic mass is 10.2. The van der Waals surface area contributed by atoms with Crippen LogP contribution in [0.15, 0.2) is 16.9 Å². The zero-order valence-electron chi connectivity index (χ0n) is 10.4. The van der Waals surface area contributed by atoms with E-state index in [0.29, 0.717) is 10.7 Å². The number of nitro groups is 1. The number of alkyl halides is 1. The molecule has 0 saturated heterocycles. The summed E-state index contributed by atoms with van der Waals surface area (Å²) in [5, 5.41) is 17.2. The van der Waals surface area contributed by atoms with Crippen LogP contribution < -0.4 is 5.69 Å². The first-order valence-electron chi connectivity index (χ1n) is 5.68. The molecule has 0 aliphatic heterocycles. The third-order valence-corrected chi connectivity index (χ3v) is 2.89. The fraction of sp³-hybridized carbons (Fsp3) is 0.300. The summed E-state index contributed by atoms with van der Waals surface area (Å²) in [5.74, 6) is -0.967. The number of hydrogen-bond acceptors (Lipinski definition) is 5. The molecule has 0 unspecified atom stereocenters. The molecule has 8 nitrogen and oxygen atoms in total. The van der Waals surface area contributed by atoms with E-state index < -0.39 is 39.5 Å². The quantitative estimate of drug-likeness (QED) is 0.614. The van der Waals surface area contributed by atoms with Gasteiger partial charge in [0.05, 0.1) is 18.1 Å². The smallest absolute Gasteiger partial charge is 0.258 e. The number of aromatic nitrogens is 4. The van der Waals surface area contributed by atoms with E-state index in [9.17, 15) is 23.7 Å². The first kappa shape index (κ1) is 15.0. The molecule has 1 aromatic heterocycles. The van der Waals surface area contributed by atoms with Crippen LogP contribution in [0, 0.1) is 15.9 Å². The highest BCUT2D eigenvalue weighted by Crippen LogP contribution is 2.28. The van der Waals surface area contributed by atoms with Crippen LogP contribution in [0.4, 0.5) is 14.5 Å². The van der Waals surface area contributed by atoms with Crippen molar-refractivity contribution in [1.29, 1.82) is 0 Å². The molecule has 0 N–H and O–H groups in total. The Hall–Kier alpha value is -2.36. The molecule has 0 bridgehead atoms. The maximum absolute atomic E-state index is 13.8. The summed E-state index contributed by atoms with van der Waals surface area (Å²) in [5.41, 5.74) is -1.86. The standard InChI is InChI=1S/C10H8ClF2N5O3/c11-6-4-7(13)9(5-8(6)18(20)21)17-10(19)16(14-15-17)3-1-2-12/h4-5H,1-3H2. The number of nitro benzene ring substituents is 1. The van der Waals surface area contributed by atoms with Gasteiger partial charge in [-0.2, -0.15) is 9.36 Å².